The predicted octanol–water partition coefficient (Wildman–Crippen LogP) is 6.21. The van der Waals surface area contributed by atoms with Gasteiger partial charge in [-0.25, -0.2) is 17.4 Å². The molecule has 1 saturated heterocycles. The van der Waals surface area contributed by atoms with E-state index in [0.29, 0.717) is 17.3 Å². The summed E-state index contributed by atoms with van der Waals surface area (Å²) in [6.45, 7) is 8.15. The first-order valence-corrected chi connectivity index (χ1v) is 17.3. The molecule has 1 amide bonds. The van der Waals surface area contributed by atoms with E-state index in [9.17, 15) is 13.2 Å². The Morgan fingerprint density at radius 3 is 2.17 bits per heavy atom. The van der Waals surface area contributed by atoms with Gasteiger partial charge in [0.15, 0.2) is 5.65 Å². The highest BCUT2D eigenvalue weighted by Crippen LogP contribution is 2.36. The van der Waals surface area contributed by atoms with Crippen molar-refractivity contribution in [1.82, 2.24) is 18.8 Å². The van der Waals surface area contributed by atoms with E-state index in [2.05, 4.69) is 42.0 Å². The summed E-state index contributed by atoms with van der Waals surface area (Å²) in [7, 11) is 0.0829. The molecule has 5 aromatic rings. The number of benzene rings is 3. The number of amides is 1. The predicted molar refractivity (Wildman–Crippen MR) is 184 cm³/mol. The fraction of sp³-hybridized carbons (Fsp3) is 0.297. The summed E-state index contributed by atoms with van der Waals surface area (Å²) in [6, 6.07) is 23.1. The number of carbonyl (C=O) groups is 1. The summed E-state index contributed by atoms with van der Waals surface area (Å²) in [6.07, 6.45) is 5.50. The Morgan fingerprint density at radius 1 is 0.848 bits per heavy atom. The Morgan fingerprint density at radius 2 is 1.52 bits per heavy atom. The molecule has 2 fully saturated rings. The summed E-state index contributed by atoms with van der Waals surface area (Å²) < 4.78 is 29.2. The lowest BCUT2D eigenvalue weighted by Gasteiger charge is -2.35. The molecule has 3 heterocycles. The van der Waals surface area contributed by atoms with Gasteiger partial charge in [-0.15, -0.1) is 0 Å². The lowest BCUT2D eigenvalue weighted by Crippen LogP contribution is -2.44. The third kappa shape index (κ3) is 5.58. The van der Waals surface area contributed by atoms with Gasteiger partial charge in [-0.3, -0.25) is 4.79 Å². The molecule has 0 N–H and O–H groups in total. The van der Waals surface area contributed by atoms with Crippen molar-refractivity contribution in [2.75, 3.05) is 45.2 Å². The molecule has 0 spiro atoms. The highest BCUT2D eigenvalue weighted by atomic mass is 32.2. The largest absolute Gasteiger partial charge is 0.369 e. The van der Waals surface area contributed by atoms with Gasteiger partial charge in [-0.2, -0.15) is 0 Å². The number of fused-ring (bicyclic) bond motifs is 1. The van der Waals surface area contributed by atoms with Crippen molar-refractivity contribution in [1.29, 1.82) is 0 Å². The van der Waals surface area contributed by atoms with Crippen molar-refractivity contribution in [2.45, 2.75) is 37.6 Å². The Balaban J connectivity index is 1.31. The molecule has 0 atom stereocenters. The van der Waals surface area contributed by atoms with Crippen LogP contribution in [-0.2, 0) is 10.0 Å². The van der Waals surface area contributed by atoms with Crippen LogP contribution in [0.5, 0.6) is 0 Å². The summed E-state index contributed by atoms with van der Waals surface area (Å²) in [5.74, 6) is -0.00206. The van der Waals surface area contributed by atoms with E-state index >= 15 is 0 Å². The zero-order chi connectivity index (χ0) is 32.2. The van der Waals surface area contributed by atoms with Crippen LogP contribution in [0.2, 0.25) is 0 Å². The van der Waals surface area contributed by atoms with Gasteiger partial charge in [0.1, 0.15) is 0 Å². The second-order valence-corrected chi connectivity index (χ2v) is 14.6. The highest BCUT2D eigenvalue weighted by Gasteiger charge is 2.30. The summed E-state index contributed by atoms with van der Waals surface area (Å²) in [4.78, 5) is 24.6. The number of pyridine rings is 1. The highest BCUT2D eigenvalue weighted by molar-refractivity contribution is 7.90. The van der Waals surface area contributed by atoms with E-state index < -0.39 is 10.0 Å². The number of carbonyl (C=O) groups excluding carboxylic acids is 1. The lowest BCUT2D eigenvalue weighted by molar-refractivity contribution is 0.0785. The molecule has 46 heavy (non-hydrogen) atoms. The van der Waals surface area contributed by atoms with Crippen molar-refractivity contribution in [2.24, 2.45) is 0 Å². The minimum absolute atomic E-state index is 0.00206. The van der Waals surface area contributed by atoms with Crippen LogP contribution < -0.4 is 4.90 Å². The molecule has 9 heteroatoms. The van der Waals surface area contributed by atoms with E-state index in [1.165, 1.54) is 15.2 Å². The van der Waals surface area contributed by atoms with Crippen molar-refractivity contribution < 1.29 is 13.2 Å². The lowest BCUT2D eigenvalue weighted by atomic mass is 9.99. The number of rotatable bonds is 7. The maximum atomic E-state index is 14.0. The van der Waals surface area contributed by atoms with Crippen molar-refractivity contribution in [3.8, 4) is 22.3 Å². The van der Waals surface area contributed by atoms with E-state index in [1.54, 1.807) is 36.7 Å². The number of likely N-dealkylation sites (N-methyl/N-ethyl adjacent to an activating group) is 1. The van der Waals surface area contributed by atoms with Gasteiger partial charge in [0.05, 0.1) is 4.90 Å². The smallest absolute Gasteiger partial charge is 0.269 e. The van der Waals surface area contributed by atoms with Gasteiger partial charge in [0.2, 0.25) is 0 Å². The molecule has 0 bridgehead atoms. The average Bonchev–Trinajstić information content (AvgIpc) is 3.84. The molecule has 7 rings (SSSR count). The molecule has 2 aliphatic rings. The van der Waals surface area contributed by atoms with Crippen LogP contribution in [0.15, 0.2) is 90.1 Å². The Hall–Kier alpha value is -4.47. The average molecular weight is 634 g/mol. The maximum Gasteiger partial charge on any atom is 0.269 e. The van der Waals surface area contributed by atoms with Crippen LogP contribution in [0.3, 0.4) is 0 Å². The van der Waals surface area contributed by atoms with Crippen molar-refractivity contribution in [3.63, 3.8) is 0 Å². The SMILES string of the molecule is Cc1ccc(S(=O)(=O)n2cc(-c3ccc(C(=O)N(C)C4CC4)cc3)c3cc(-c4ccc(N5CCN(C)CC5)c(C)c4)cnc32)cc1. The monoisotopic (exact) mass is 633 g/mol. The van der Waals surface area contributed by atoms with Crippen molar-refractivity contribution >= 4 is 32.7 Å². The zero-order valence-electron chi connectivity index (χ0n) is 26.8. The summed E-state index contributed by atoms with van der Waals surface area (Å²) in [5.41, 5.74) is 7.87. The summed E-state index contributed by atoms with van der Waals surface area (Å²) in [5, 5.41) is 0.725. The number of nitrogens with zero attached hydrogens (tertiary/aromatic N) is 5. The van der Waals surface area contributed by atoms with E-state index in [-0.39, 0.29) is 10.8 Å². The fourth-order valence-electron chi connectivity index (χ4n) is 6.34. The van der Waals surface area contributed by atoms with Crippen LogP contribution in [-0.4, -0.2) is 79.4 Å². The molecule has 1 saturated carbocycles. The van der Waals surface area contributed by atoms with Gasteiger partial charge >= 0.3 is 0 Å². The first-order valence-electron chi connectivity index (χ1n) is 15.9. The normalized spacial score (nSPS) is 15.8. The van der Waals surface area contributed by atoms with Crippen LogP contribution >= 0.6 is 0 Å². The number of hydrogen-bond acceptors (Lipinski definition) is 6. The van der Waals surface area contributed by atoms with Gasteiger partial charge in [-0.1, -0.05) is 35.9 Å². The zero-order valence-corrected chi connectivity index (χ0v) is 27.6. The van der Waals surface area contributed by atoms with E-state index in [4.69, 9.17) is 4.98 Å². The summed E-state index contributed by atoms with van der Waals surface area (Å²) >= 11 is 0. The second-order valence-electron chi connectivity index (χ2n) is 12.8. The Labute approximate surface area is 270 Å². The van der Waals surface area contributed by atoms with Crippen LogP contribution in [0.25, 0.3) is 33.3 Å². The third-order valence-corrected chi connectivity index (χ3v) is 11.1. The van der Waals surface area contributed by atoms with Gasteiger partial charge < -0.3 is 14.7 Å². The molecule has 236 valence electrons. The first kappa shape index (κ1) is 30.2. The third-order valence-electron chi connectivity index (χ3n) is 9.42. The number of aryl methyl sites for hydroxylation is 2. The molecule has 0 radical (unpaired) electrons. The number of hydrogen-bond donors (Lipinski definition) is 0. The number of piperazine rings is 1. The Bertz CT molecular complexity index is 2040. The topological polar surface area (TPSA) is 78.8 Å². The quantitative estimate of drug-likeness (QED) is 0.212. The molecular weight excluding hydrogens is 595 g/mol. The minimum atomic E-state index is -3.93. The Kier molecular flexibility index (Phi) is 7.69. The van der Waals surface area contributed by atoms with Crippen molar-refractivity contribution in [3.05, 3.63) is 102 Å². The van der Waals surface area contributed by atoms with E-state index in [1.807, 2.05) is 49.2 Å². The molecule has 0 unspecified atom stereocenters. The second kappa shape index (κ2) is 11.7. The molecular formula is C37H39N5O3S. The molecule has 1 aliphatic carbocycles. The van der Waals surface area contributed by atoms with Gasteiger partial charge in [-0.05, 0) is 92.9 Å². The number of aromatic nitrogens is 2. The first-order chi connectivity index (χ1) is 22.1. The number of anilines is 1. The fourth-order valence-corrected chi connectivity index (χ4v) is 7.66. The van der Waals surface area contributed by atoms with Crippen LogP contribution in [0.4, 0.5) is 5.69 Å². The van der Waals surface area contributed by atoms with Crippen LogP contribution in [0, 0.1) is 13.8 Å². The molecule has 2 aromatic heterocycles. The van der Waals surface area contributed by atoms with E-state index in [0.717, 1.165) is 72.2 Å². The maximum absolute atomic E-state index is 14.0. The van der Waals surface area contributed by atoms with Gasteiger partial charge in [0.25, 0.3) is 15.9 Å². The molecule has 8 nitrogen and oxygen atoms in total. The van der Waals surface area contributed by atoms with Gasteiger partial charge in [0, 0.05) is 79.4 Å². The van der Waals surface area contributed by atoms with Crippen LogP contribution in [0.1, 0.15) is 34.3 Å². The molecule has 3 aromatic carbocycles. The standard InChI is InChI=1S/C37H39N5O3S/c1-25-5-14-32(15-6-25)46(44,45)42-24-34(27-7-9-28(10-8-27)37(43)40(4)31-12-13-31)33-22-30(23-38-36(33)42)29-11-16-35(26(2)21-29)41-19-17-39(3)18-20-41/h5-11,14-16,21-24,31H,12-13,17-20H2,1-4H3. The minimum Gasteiger partial charge on any atom is -0.369 e. The molecule has 1 aliphatic heterocycles.